The van der Waals surface area contributed by atoms with Gasteiger partial charge < -0.3 is 10.1 Å². The summed E-state index contributed by atoms with van der Waals surface area (Å²) < 4.78 is 5.06. The number of halogens is 2. The molecule has 0 amide bonds. The van der Waals surface area contributed by atoms with Crippen LogP contribution in [0.5, 0.6) is 5.75 Å². The molecule has 1 aromatic carbocycles. The van der Waals surface area contributed by atoms with Gasteiger partial charge in [-0.1, -0.05) is 35.8 Å². The molecule has 0 aliphatic carbocycles. The third-order valence-corrected chi connectivity index (χ3v) is 2.29. The van der Waals surface area contributed by atoms with E-state index in [0.717, 1.165) is 5.56 Å². The molecule has 1 aromatic rings. The molecule has 15 heavy (non-hydrogen) atoms. The van der Waals surface area contributed by atoms with Crippen molar-refractivity contribution in [1.82, 2.24) is 5.32 Å². The Kier molecular flexibility index (Phi) is 4.95. The van der Waals surface area contributed by atoms with Crippen molar-refractivity contribution in [1.29, 1.82) is 0 Å². The van der Waals surface area contributed by atoms with Crippen LogP contribution in [0.4, 0.5) is 0 Å². The van der Waals surface area contributed by atoms with E-state index in [2.05, 4.69) is 11.9 Å². The van der Waals surface area contributed by atoms with E-state index in [0.29, 0.717) is 28.9 Å². The van der Waals surface area contributed by atoms with Crippen LogP contribution in [0.1, 0.15) is 5.56 Å². The fraction of sp³-hybridized carbons (Fsp3) is 0.273. The zero-order valence-corrected chi connectivity index (χ0v) is 10.0. The Hall–Kier alpha value is -0.700. The lowest BCUT2D eigenvalue weighted by atomic mass is 10.2. The quantitative estimate of drug-likeness (QED) is 0.861. The standard InChI is InChI=1S/C11H13Cl2NO/c1-8(12)6-14-7-9-3-4-11(15-2)10(13)5-9/h3-5,14H,1,6-7H2,2H3. The maximum absolute atomic E-state index is 5.97. The highest BCUT2D eigenvalue weighted by Crippen LogP contribution is 2.24. The lowest BCUT2D eigenvalue weighted by molar-refractivity contribution is 0.415. The summed E-state index contributed by atoms with van der Waals surface area (Å²) in [4.78, 5) is 0. The van der Waals surface area contributed by atoms with Crippen LogP contribution in [-0.4, -0.2) is 13.7 Å². The van der Waals surface area contributed by atoms with Gasteiger partial charge in [0.25, 0.3) is 0 Å². The second-order valence-electron chi connectivity index (χ2n) is 3.09. The molecule has 2 nitrogen and oxygen atoms in total. The Bertz CT molecular complexity index is 352. The van der Waals surface area contributed by atoms with Crippen LogP contribution in [0.2, 0.25) is 5.02 Å². The Balaban J connectivity index is 2.55. The normalized spacial score (nSPS) is 10.1. The van der Waals surface area contributed by atoms with E-state index >= 15 is 0 Å². The van der Waals surface area contributed by atoms with Crippen LogP contribution < -0.4 is 10.1 Å². The Morgan fingerprint density at radius 3 is 2.80 bits per heavy atom. The number of methoxy groups -OCH3 is 1. The first-order valence-electron chi connectivity index (χ1n) is 4.50. The molecular formula is C11H13Cl2NO. The average molecular weight is 246 g/mol. The minimum absolute atomic E-state index is 0.588. The third-order valence-electron chi connectivity index (χ3n) is 1.86. The maximum atomic E-state index is 5.97. The fourth-order valence-electron chi connectivity index (χ4n) is 1.16. The van der Waals surface area contributed by atoms with E-state index in [1.54, 1.807) is 7.11 Å². The highest BCUT2D eigenvalue weighted by Gasteiger charge is 2.01. The fourth-order valence-corrected chi connectivity index (χ4v) is 1.54. The van der Waals surface area contributed by atoms with Gasteiger partial charge in [-0.2, -0.15) is 0 Å². The summed E-state index contributed by atoms with van der Waals surface area (Å²) in [5.41, 5.74) is 1.08. The largest absolute Gasteiger partial charge is 0.495 e. The molecule has 0 atom stereocenters. The molecule has 0 heterocycles. The van der Waals surface area contributed by atoms with E-state index in [-0.39, 0.29) is 0 Å². The molecule has 0 aromatic heterocycles. The Labute approximate surface area is 99.8 Å². The SMILES string of the molecule is C=C(Cl)CNCc1ccc(OC)c(Cl)c1. The molecule has 0 bridgehead atoms. The highest BCUT2D eigenvalue weighted by atomic mass is 35.5. The Morgan fingerprint density at radius 1 is 1.53 bits per heavy atom. The molecule has 0 fully saturated rings. The number of nitrogens with one attached hydrogen (secondary N) is 1. The maximum Gasteiger partial charge on any atom is 0.137 e. The van der Waals surface area contributed by atoms with Gasteiger partial charge in [0.05, 0.1) is 12.1 Å². The van der Waals surface area contributed by atoms with Gasteiger partial charge >= 0.3 is 0 Å². The molecule has 82 valence electrons. The van der Waals surface area contributed by atoms with Crippen LogP contribution in [0, 0.1) is 0 Å². The van der Waals surface area contributed by atoms with E-state index in [9.17, 15) is 0 Å². The highest BCUT2D eigenvalue weighted by molar-refractivity contribution is 6.32. The third kappa shape index (κ3) is 4.12. The predicted octanol–water partition coefficient (Wildman–Crippen LogP) is 3.19. The van der Waals surface area contributed by atoms with Crippen LogP contribution >= 0.6 is 23.2 Å². The van der Waals surface area contributed by atoms with Crippen molar-refractivity contribution >= 4 is 23.2 Å². The first-order chi connectivity index (χ1) is 7.13. The molecule has 1 rings (SSSR count). The van der Waals surface area contributed by atoms with Crippen molar-refractivity contribution in [2.24, 2.45) is 0 Å². The number of rotatable bonds is 5. The molecule has 0 saturated heterocycles. The predicted molar refractivity (Wildman–Crippen MR) is 64.7 cm³/mol. The van der Waals surface area contributed by atoms with E-state index in [1.807, 2.05) is 18.2 Å². The summed E-state index contributed by atoms with van der Waals surface area (Å²) in [6.45, 7) is 4.88. The average Bonchev–Trinajstić information content (AvgIpc) is 2.17. The molecule has 0 saturated carbocycles. The van der Waals surface area contributed by atoms with Gasteiger partial charge in [-0.25, -0.2) is 0 Å². The molecule has 4 heteroatoms. The van der Waals surface area contributed by atoms with Crippen molar-refractivity contribution in [2.45, 2.75) is 6.54 Å². The van der Waals surface area contributed by atoms with Crippen LogP contribution in [0.25, 0.3) is 0 Å². The minimum Gasteiger partial charge on any atom is -0.495 e. The van der Waals surface area contributed by atoms with Gasteiger partial charge in [-0.3, -0.25) is 0 Å². The summed E-state index contributed by atoms with van der Waals surface area (Å²) >= 11 is 11.6. The summed E-state index contributed by atoms with van der Waals surface area (Å²) in [6, 6.07) is 5.66. The van der Waals surface area contributed by atoms with E-state index < -0.39 is 0 Å². The van der Waals surface area contributed by atoms with Gasteiger partial charge in [0.15, 0.2) is 0 Å². The summed E-state index contributed by atoms with van der Waals surface area (Å²) in [6.07, 6.45) is 0. The van der Waals surface area contributed by atoms with Gasteiger partial charge in [-0.15, -0.1) is 0 Å². The van der Waals surface area contributed by atoms with Crippen molar-refractivity contribution in [3.8, 4) is 5.75 Å². The molecular weight excluding hydrogens is 233 g/mol. The van der Waals surface area contributed by atoms with E-state index in [4.69, 9.17) is 27.9 Å². The lowest BCUT2D eigenvalue weighted by Crippen LogP contribution is -2.14. The van der Waals surface area contributed by atoms with Crippen LogP contribution in [0.3, 0.4) is 0 Å². The summed E-state index contributed by atoms with van der Waals surface area (Å²) in [5, 5.41) is 4.34. The number of hydrogen-bond donors (Lipinski definition) is 1. The number of benzene rings is 1. The zero-order valence-electron chi connectivity index (χ0n) is 8.52. The molecule has 0 aliphatic rings. The van der Waals surface area contributed by atoms with Crippen molar-refractivity contribution < 1.29 is 4.74 Å². The van der Waals surface area contributed by atoms with Gasteiger partial charge in [0.1, 0.15) is 5.75 Å². The van der Waals surface area contributed by atoms with Crippen LogP contribution in [-0.2, 0) is 6.54 Å². The lowest BCUT2D eigenvalue weighted by Gasteiger charge is -2.07. The summed E-state index contributed by atoms with van der Waals surface area (Å²) in [7, 11) is 1.59. The molecule has 1 N–H and O–H groups in total. The van der Waals surface area contributed by atoms with Crippen molar-refractivity contribution in [3.63, 3.8) is 0 Å². The first kappa shape index (κ1) is 12.4. The second-order valence-corrected chi connectivity index (χ2v) is 4.03. The smallest absolute Gasteiger partial charge is 0.137 e. The van der Waals surface area contributed by atoms with Gasteiger partial charge in [0.2, 0.25) is 0 Å². The molecule has 0 spiro atoms. The van der Waals surface area contributed by atoms with Crippen LogP contribution in [0.15, 0.2) is 29.8 Å². The molecule has 0 radical (unpaired) electrons. The first-order valence-corrected chi connectivity index (χ1v) is 5.25. The molecule has 0 aliphatic heterocycles. The van der Waals surface area contributed by atoms with Gasteiger partial charge in [0, 0.05) is 18.1 Å². The minimum atomic E-state index is 0.588. The topological polar surface area (TPSA) is 21.3 Å². The number of hydrogen-bond acceptors (Lipinski definition) is 2. The summed E-state index contributed by atoms with van der Waals surface area (Å²) in [5.74, 6) is 0.683. The second kappa shape index (κ2) is 6.01. The Morgan fingerprint density at radius 2 is 2.27 bits per heavy atom. The van der Waals surface area contributed by atoms with Crippen molar-refractivity contribution in [2.75, 3.05) is 13.7 Å². The van der Waals surface area contributed by atoms with E-state index in [1.165, 1.54) is 0 Å². The van der Waals surface area contributed by atoms with Gasteiger partial charge in [-0.05, 0) is 17.7 Å². The monoisotopic (exact) mass is 245 g/mol. The molecule has 0 unspecified atom stereocenters. The zero-order chi connectivity index (χ0) is 11.3. The van der Waals surface area contributed by atoms with Crippen molar-refractivity contribution in [3.05, 3.63) is 40.4 Å². The number of ether oxygens (including phenoxy) is 1.